The molecule has 1 aliphatic rings. The van der Waals surface area contributed by atoms with E-state index in [0.717, 1.165) is 36.5 Å². The lowest BCUT2D eigenvalue weighted by molar-refractivity contribution is -0.144. The number of pyridine rings is 1. The number of carboxylic acids is 1. The quantitative estimate of drug-likeness (QED) is 0.686. The van der Waals surface area contributed by atoms with Gasteiger partial charge in [0.25, 0.3) is 0 Å². The number of aromatic amines is 1. The van der Waals surface area contributed by atoms with E-state index < -0.39 is 12.0 Å². The highest BCUT2D eigenvalue weighted by Gasteiger charge is 2.30. The Labute approximate surface area is 163 Å². The maximum absolute atomic E-state index is 12.1. The molecule has 144 valence electrons. The molecule has 0 radical (unpaired) electrons. The molecule has 0 saturated carbocycles. The van der Waals surface area contributed by atoms with Gasteiger partial charge in [-0.05, 0) is 34.9 Å². The van der Waals surface area contributed by atoms with Crippen molar-refractivity contribution in [3.63, 3.8) is 0 Å². The van der Waals surface area contributed by atoms with E-state index in [0.29, 0.717) is 13.1 Å². The van der Waals surface area contributed by atoms with Crippen molar-refractivity contribution in [2.45, 2.75) is 12.6 Å². The predicted octanol–water partition coefficient (Wildman–Crippen LogP) is 2.42. The van der Waals surface area contributed by atoms with Crippen molar-refractivity contribution in [3.05, 3.63) is 72.2 Å². The van der Waals surface area contributed by atoms with Gasteiger partial charge in [0, 0.05) is 51.3 Å². The van der Waals surface area contributed by atoms with Gasteiger partial charge in [-0.15, -0.1) is 0 Å². The third kappa shape index (κ3) is 4.11. The number of H-pyrrole nitrogens is 1. The minimum absolute atomic E-state index is 0.650. The minimum Gasteiger partial charge on any atom is -0.480 e. The summed E-state index contributed by atoms with van der Waals surface area (Å²) in [6.45, 7) is 3.93. The third-order valence-corrected chi connectivity index (χ3v) is 5.15. The number of aromatic nitrogens is 3. The number of piperazine rings is 1. The van der Waals surface area contributed by atoms with Crippen LogP contribution in [0.15, 0.2) is 61.1 Å². The molecule has 3 aromatic rings. The molecule has 7 nitrogen and oxygen atoms in total. The molecule has 0 aliphatic carbocycles. The van der Waals surface area contributed by atoms with Crippen LogP contribution in [0.1, 0.15) is 17.2 Å². The average Bonchev–Trinajstić information content (AvgIpc) is 3.25. The van der Waals surface area contributed by atoms with Crippen LogP contribution in [0.4, 0.5) is 0 Å². The Hall–Kier alpha value is -3.03. The number of benzene rings is 1. The number of nitrogens with zero attached hydrogens (tertiary/aromatic N) is 4. The van der Waals surface area contributed by atoms with Crippen molar-refractivity contribution in [1.82, 2.24) is 25.0 Å². The first-order valence-electron chi connectivity index (χ1n) is 9.38. The van der Waals surface area contributed by atoms with E-state index in [-0.39, 0.29) is 0 Å². The highest BCUT2D eigenvalue weighted by atomic mass is 16.4. The van der Waals surface area contributed by atoms with E-state index in [9.17, 15) is 9.90 Å². The van der Waals surface area contributed by atoms with Gasteiger partial charge < -0.3 is 5.11 Å². The van der Waals surface area contributed by atoms with Gasteiger partial charge in [0.05, 0.1) is 5.69 Å². The number of carbonyl (C=O) groups is 1. The van der Waals surface area contributed by atoms with Gasteiger partial charge in [0.15, 0.2) is 0 Å². The molecule has 1 aromatic carbocycles. The third-order valence-electron chi connectivity index (χ3n) is 5.15. The molecule has 0 bridgehead atoms. The molecule has 2 aromatic heterocycles. The van der Waals surface area contributed by atoms with E-state index in [1.807, 2.05) is 47.5 Å². The first-order chi connectivity index (χ1) is 13.7. The predicted molar refractivity (Wildman–Crippen MR) is 105 cm³/mol. The molecule has 0 unspecified atom stereocenters. The lowest BCUT2D eigenvalue weighted by Crippen LogP contribution is -2.48. The zero-order valence-corrected chi connectivity index (χ0v) is 15.5. The van der Waals surface area contributed by atoms with Crippen LogP contribution >= 0.6 is 0 Å². The zero-order chi connectivity index (χ0) is 19.3. The smallest absolute Gasteiger partial charge is 0.325 e. The van der Waals surface area contributed by atoms with Crippen molar-refractivity contribution in [3.8, 4) is 11.3 Å². The Balaban J connectivity index is 1.46. The largest absolute Gasteiger partial charge is 0.480 e. The number of hydrogen-bond acceptors (Lipinski definition) is 5. The SMILES string of the molecule is O=C(O)[C@H](c1cccc(-c2ccn[nH]2)c1)N1CCN(Cc2cccnc2)CC1. The average molecular weight is 377 g/mol. The second-order valence-corrected chi connectivity index (χ2v) is 7.01. The van der Waals surface area contributed by atoms with Crippen LogP contribution in [-0.4, -0.2) is 62.2 Å². The van der Waals surface area contributed by atoms with Crippen LogP contribution in [0.5, 0.6) is 0 Å². The van der Waals surface area contributed by atoms with Gasteiger partial charge in [0.1, 0.15) is 6.04 Å². The first-order valence-corrected chi connectivity index (χ1v) is 9.38. The molecule has 4 rings (SSSR count). The lowest BCUT2D eigenvalue weighted by Gasteiger charge is -2.37. The number of hydrogen-bond donors (Lipinski definition) is 2. The standard InChI is InChI=1S/C21H23N5O2/c27-21(28)20(18-5-1-4-17(13-18)19-6-8-23-24-19)26-11-9-25(10-12-26)15-16-3-2-7-22-14-16/h1-8,13-14,20H,9-12,15H2,(H,23,24)(H,27,28)/t20-/m0/s1. The lowest BCUT2D eigenvalue weighted by atomic mass is 10.0. The van der Waals surface area contributed by atoms with Gasteiger partial charge in [0.2, 0.25) is 0 Å². The number of rotatable bonds is 6. The molecule has 3 heterocycles. The molecular weight excluding hydrogens is 354 g/mol. The Morgan fingerprint density at radius 2 is 1.96 bits per heavy atom. The van der Waals surface area contributed by atoms with Crippen molar-refractivity contribution < 1.29 is 9.90 Å². The molecular formula is C21H23N5O2. The fourth-order valence-electron chi connectivity index (χ4n) is 3.73. The summed E-state index contributed by atoms with van der Waals surface area (Å²) >= 11 is 0. The molecule has 1 saturated heterocycles. The number of carboxylic acid groups (broad SMARTS) is 1. The Morgan fingerprint density at radius 1 is 1.11 bits per heavy atom. The summed E-state index contributed by atoms with van der Waals surface area (Å²) in [6.07, 6.45) is 5.35. The molecule has 1 fully saturated rings. The fourth-order valence-corrected chi connectivity index (χ4v) is 3.73. The van der Waals surface area contributed by atoms with Crippen molar-refractivity contribution in [1.29, 1.82) is 0 Å². The van der Waals surface area contributed by atoms with E-state index in [1.54, 1.807) is 12.4 Å². The number of aliphatic carboxylic acids is 1. The van der Waals surface area contributed by atoms with Crippen LogP contribution in [-0.2, 0) is 11.3 Å². The minimum atomic E-state index is -0.817. The topological polar surface area (TPSA) is 85.3 Å². The molecule has 0 amide bonds. The first kappa shape index (κ1) is 18.3. The summed E-state index contributed by atoms with van der Waals surface area (Å²) in [5.74, 6) is -0.817. The van der Waals surface area contributed by atoms with Crippen LogP contribution in [0.3, 0.4) is 0 Å². The second kappa shape index (κ2) is 8.33. The van der Waals surface area contributed by atoms with Gasteiger partial charge in [-0.3, -0.25) is 24.7 Å². The van der Waals surface area contributed by atoms with Gasteiger partial charge >= 0.3 is 5.97 Å². The van der Waals surface area contributed by atoms with Gasteiger partial charge in [-0.25, -0.2) is 0 Å². The summed E-state index contributed by atoms with van der Waals surface area (Å²) < 4.78 is 0. The molecule has 1 atom stereocenters. The van der Waals surface area contributed by atoms with Crippen LogP contribution in [0.25, 0.3) is 11.3 Å². The maximum Gasteiger partial charge on any atom is 0.325 e. The van der Waals surface area contributed by atoms with Gasteiger partial charge in [-0.2, -0.15) is 5.10 Å². The summed E-state index contributed by atoms with van der Waals surface area (Å²) in [6, 6.07) is 12.9. The van der Waals surface area contributed by atoms with Crippen molar-refractivity contribution in [2.75, 3.05) is 26.2 Å². The second-order valence-electron chi connectivity index (χ2n) is 7.01. The summed E-state index contributed by atoms with van der Waals surface area (Å²) in [5.41, 5.74) is 3.79. The highest BCUT2D eigenvalue weighted by Crippen LogP contribution is 2.27. The molecule has 0 spiro atoms. The van der Waals surface area contributed by atoms with Crippen LogP contribution in [0.2, 0.25) is 0 Å². The van der Waals surface area contributed by atoms with Crippen molar-refractivity contribution >= 4 is 5.97 Å². The summed E-state index contributed by atoms with van der Waals surface area (Å²) in [5, 5.41) is 16.8. The zero-order valence-electron chi connectivity index (χ0n) is 15.5. The van der Waals surface area contributed by atoms with Crippen molar-refractivity contribution in [2.24, 2.45) is 0 Å². The Bertz CT molecular complexity index is 906. The normalized spacial score (nSPS) is 16.7. The van der Waals surface area contributed by atoms with E-state index in [1.165, 1.54) is 5.56 Å². The maximum atomic E-state index is 12.1. The fraction of sp³-hybridized carbons (Fsp3) is 0.286. The highest BCUT2D eigenvalue weighted by molar-refractivity contribution is 5.76. The Kier molecular flexibility index (Phi) is 5.45. The Morgan fingerprint density at radius 3 is 2.64 bits per heavy atom. The van der Waals surface area contributed by atoms with Crippen LogP contribution < -0.4 is 0 Å². The summed E-state index contributed by atoms with van der Waals surface area (Å²) in [7, 11) is 0. The van der Waals surface area contributed by atoms with E-state index in [4.69, 9.17) is 0 Å². The van der Waals surface area contributed by atoms with Crippen LogP contribution in [0, 0.1) is 0 Å². The van der Waals surface area contributed by atoms with E-state index in [2.05, 4.69) is 26.1 Å². The number of nitrogens with one attached hydrogen (secondary N) is 1. The molecule has 2 N–H and O–H groups in total. The molecule has 1 aliphatic heterocycles. The monoisotopic (exact) mass is 377 g/mol. The molecule has 7 heteroatoms. The molecule has 28 heavy (non-hydrogen) atoms. The summed E-state index contributed by atoms with van der Waals surface area (Å²) in [4.78, 5) is 20.6. The van der Waals surface area contributed by atoms with E-state index >= 15 is 0 Å². The van der Waals surface area contributed by atoms with Gasteiger partial charge in [-0.1, -0.05) is 24.3 Å².